The van der Waals surface area contributed by atoms with Gasteiger partial charge in [0.2, 0.25) is 0 Å². The van der Waals surface area contributed by atoms with Gasteiger partial charge in [-0.3, -0.25) is 4.79 Å². The zero-order chi connectivity index (χ0) is 15.7. The number of hydrogen-bond acceptors (Lipinski definition) is 4. The van der Waals surface area contributed by atoms with Crippen LogP contribution in [0.4, 0.5) is 0 Å². The Labute approximate surface area is 127 Å². The lowest BCUT2D eigenvalue weighted by Crippen LogP contribution is -2.09. The van der Waals surface area contributed by atoms with Crippen LogP contribution in [0.1, 0.15) is 5.56 Å². The van der Waals surface area contributed by atoms with Crippen LogP contribution in [0.5, 0.6) is 11.5 Å². The number of methoxy groups -OCH3 is 2. The number of ether oxygens (including phenoxy) is 2. The van der Waals surface area contributed by atoms with E-state index in [0.717, 1.165) is 5.56 Å². The van der Waals surface area contributed by atoms with E-state index >= 15 is 0 Å². The van der Waals surface area contributed by atoms with Crippen LogP contribution in [0.25, 0.3) is 22.3 Å². The van der Waals surface area contributed by atoms with Crippen molar-refractivity contribution in [3.05, 3.63) is 58.3 Å². The van der Waals surface area contributed by atoms with E-state index in [1.807, 2.05) is 30.3 Å². The van der Waals surface area contributed by atoms with Crippen LogP contribution < -0.4 is 14.9 Å². The minimum absolute atomic E-state index is 0.0976. The van der Waals surface area contributed by atoms with E-state index in [2.05, 4.69) is 0 Å². The quantitative estimate of drug-likeness (QED) is 0.738. The summed E-state index contributed by atoms with van der Waals surface area (Å²) in [6, 6.07) is 12.9. The second-order valence-electron chi connectivity index (χ2n) is 4.95. The summed E-state index contributed by atoms with van der Waals surface area (Å²) < 4.78 is 16.5. The van der Waals surface area contributed by atoms with E-state index in [4.69, 9.17) is 13.9 Å². The predicted octanol–water partition coefficient (Wildman–Crippen LogP) is 3.79. The van der Waals surface area contributed by atoms with Crippen molar-refractivity contribution in [3.8, 4) is 22.8 Å². The average Bonchev–Trinajstić information content (AvgIpc) is 2.57. The maximum Gasteiger partial charge on any atom is 0.199 e. The zero-order valence-electron chi connectivity index (χ0n) is 12.7. The molecule has 0 aliphatic carbocycles. The van der Waals surface area contributed by atoms with Gasteiger partial charge >= 0.3 is 0 Å². The topological polar surface area (TPSA) is 48.7 Å². The maximum absolute atomic E-state index is 12.7. The second-order valence-corrected chi connectivity index (χ2v) is 4.95. The van der Waals surface area contributed by atoms with Crippen LogP contribution in [-0.4, -0.2) is 14.2 Å². The molecule has 0 aliphatic rings. The molecule has 0 N–H and O–H groups in total. The molecule has 0 fully saturated rings. The Hall–Kier alpha value is -2.75. The Morgan fingerprint density at radius 1 is 1.00 bits per heavy atom. The second kappa shape index (κ2) is 5.56. The minimum Gasteiger partial charge on any atom is -0.496 e. The molecule has 0 amide bonds. The van der Waals surface area contributed by atoms with E-state index in [1.165, 1.54) is 7.11 Å². The largest absolute Gasteiger partial charge is 0.496 e. The predicted molar refractivity (Wildman–Crippen MR) is 85.8 cm³/mol. The fourth-order valence-electron chi connectivity index (χ4n) is 2.49. The van der Waals surface area contributed by atoms with Gasteiger partial charge < -0.3 is 13.9 Å². The van der Waals surface area contributed by atoms with Gasteiger partial charge in [0.15, 0.2) is 5.43 Å². The normalized spacial score (nSPS) is 10.7. The lowest BCUT2D eigenvalue weighted by atomic mass is 10.1. The molecular weight excluding hydrogens is 280 g/mol. The van der Waals surface area contributed by atoms with E-state index < -0.39 is 0 Å². The molecule has 22 heavy (non-hydrogen) atoms. The van der Waals surface area contributed by atoms with Gasteiger partial charge in [0.25, 0.3) is 0 Å². The first-order valence-electron chi connectivity index (χ1n) is 6.90. The summed E-state index contributed by atoms with van der Waals surface area (Å²) in [5, 5.41) is 0.431. The fraction of sp³-hybridized carbons (Fsp3) is 0.167. The minimum atomic E-state index is -0.0976. The molecule has 112 valence electrons. The van der Waals surface area contributed by atoms with Crippen molar-refractivity contribution in [2.75, 3.05) is 14.2 Å². The molecule has 0 saturated carbocycles. The van der Waals surface area contributed by atoms with Crippen LogP contribution in [0, 0.1) is 6.92 Å². The fourth-order valence-corrected chi connectivity index (χ4v) is 2.49. The Morgan fingerprint density at radius 3 is 2.36 bits per heavy atom. The van der Waals surface area contributed by atoms with Crippen LogP contribution in [0.3, 0.4) is 0 Å². The van der Waals surface area contributed by atoms with Crippen LogP contribution in [0.2, 0.25) is 0 Å². The zero-order valence-corrected chi connectivity index (χ0v) is 12.7. The van der Waals surface area contributed by atoms with Gasteiger partial charge in [-0.25, -0.2) is 0 Å². The lowest BCUT2D eigenvalue weighted by molar-refractivity contribution is 0.396. The van der Waals surface area contributed by atoms with E-state index in [0.29, 0.717) is 33.8 Å². The van der Waals surface area contributed by atoms with Gasteiger partial charge in [0.1, 0.15) is 28.2 Å². The standard InChI is InChI=1S/C18H16O4/c1-11-17(19)16-14(21-3)9-13(20-2)10-15(16)22-18(11)12-7-5-4-6-8-12/h4-10H,1-3H3. The molecule has 0 aliphatic heterocycles. The molecule has 3 aromatic rings. The summed E-state index contributed by atoms with van der Waals surface area (Å²) in [5.74, 6) is 1.59. The summed E-state index contributed by atoms with van der Waals surface area (Å²) in [5.41, 5.74) is 1.77. The highest BCUT2D eigenvalue weighted by atomic mass is 16.5. The Bertz CT molecular complexity index is 879. The monoisotopic (exact) mass is 296 g/mol. The van der Waals surface area contributed by atoms with Crippen molar-refractivity contribution in [3.63, 3.8) is 0 Å². The number of rotatable bonds is 3. The maximum atomic E-state index is 12.7. The molecule has 4 heteroatoms. The Morgan fingerprint density at radius 2 is 1.73 bits per heavy atom. The summed E-state index contributed by atoms with van der Waals surface area (Å²) >= 11 is 0. The molecule has 1 heterocycles. The summed E-state index contributed by atoms with van der Waals surface area (Å²) in [6.07, 6.45) is 0. The first kappa shape index (κ1) is 14.2. The van der Waals surface area contributed by atoms with Crippen molar-refractivity contribution in [2.24, 2.45) is 0 Å². The van der Waals surface area contributed by atoms with Gasteiger partial charge in [0.05, 0.1) is 14.2 Å². The molecule has 0 bridgehead atoms. The Kier molecular flexibility index (Phi) is 3.59. The van der Waals surface area contributed by atoms with Gasteiger partial charge in [-0.1, -0.05) is 30.3 Å². The molecule has 0 radical (unpaired) electrons. The summed E-state index contributed by atoms with van der Waals surface area (Å²) in [7, 11) is 3.08. The average molecular weight is 296 g/mol. The number of benzene rings is 2. The molecule has 2 aromatic carbocycles. The van der Waals surface area contributed by atoms with Crippen LogP contribution in [-0.2, 0) is 0 Å². The van der Waals surface area contributed by atoms with E-state index in [-0.39, 0.29) is 5.43 Å². The van der Waals surface area contributed by atoms with Crippen molar-refractivity contribution in [2.45, 2.75) is 6.92 Å². The molecule has 0 spiro atoms. The third-order valence-corrected chi connectivity index (χ3v) is 3.65. The van der Waals surface area contributed by atoms with Gasteiger partial charge in [-0.05, 0) is 6.92 Å². The molecule has 0 atom stereocenters. The lowest BCUT2D eigenvalue weighted by Gasteiger charge is -2.11. The molecule has 1 aromatic heterocycles. The Balaban J connectivity index is 2.39. The van der Waals surface area contributed by atoms with E-state index in [9.17, 15) is 4.79 Å². The molecule has 4 nitrogen and oxygen atoms in total. The molecule has 0 saturated heterocycles. The van der Waals surface area contributed by atoms with Crippen molar-refractivity contribution in [1.82, 2.24) is 0 Å². The van der Waals surface area contributed by atoms with Crippen molar-refractivity contribution >= 4 is 11.0 Å². The van der Waals surface area contributed by atoms with Crippen molar-refractivity contribution in [1.29, 1.82) is 0 Å². The smallest absolute Gasteiger partial charge is 0.199 e. The summed E-state index contributed by atoms with van der Waals surface area (Å²) in [4.78, 5) is 12.7. The van der Waals surface area contributed by atoms with Crippen molar-refractivity contribution < 1.29 is 13.9 Å². The highest BCUT2D eigenvalue weighted by Crippen LogP contribution is 2.33. The first-order valence-corrected chi connectivity index (χ1v) is 6.90. The SMILES string of the molecule is COc1cc(OC)c2c(=O)c(C)c(-c3ccccc3)oc2c1. The molecule has 3 rings (SSSR count). The summed E-state index contributed by atoms with van der Waals surface area (Å²) in [6.45, 7) is 1.76. The van der Waals surface area contributed by atoms with Gasteiger partial charge in [0, 0.05) is 23.3 Å². The number of hydrogen-bond donors (Lipinski definition) is 0. The van der Waals surface area contributed by atoms with Crippen LogP contribution >= 0.6 is 0 Å². The van der Waals surface area contributed by atoms with Gasteiger partial charge in [-0.2, -0.15) is 0 Å². The third kappa shape index (κ3) is 2.22. The number of fused-ring (bicyclic) bond motifs is 1. The highest BCUT2D eigenvalue weighted by molar-refractivity contribution is 5.87. The first-order chi connectivity index (χ1) is 10.7. The van der Waals surface area contributed by atoms with E-state index in [1.54, 1.807) is 26.2 Å². The highest BCUT2D eigenvalue weighted by Gasteiger charge is 2.17. The van der Waals surface area contributed by atoms with Crippen LogP contribution in [0.15, 0.2) is 51.7 Å². The van der Waals surface area contributed by atoms with Gasteiger partial charge in [-0.15, -0.1) is 0 Å². The third-order valence-electron chi connectivity index (χ3n) is 3.65. The molecular formula is C18H16O4. The molecule has 0 unspecified atom stereocenters.